The zero-order valence-corrected chi connectivity index (χ0v) is 11.4. The van der Waals surface area contributed by atoms with E-state index in [-0.39, 0.29) is 0 Å². The Bertz CT molecular complexity index is 367. The first kappa shape index (κ1) is 12.1. The minimum absolute atomic E-state index is 0.594. The van der Waals surface area contributed by atoms with Gasteiger partial charge in [-0.1, -0.05) is 54.2 Å². The van der Waals surface area contributed by atoms with Gasteiger partial charge in [-0.3, -0.25) is 0 Å². The highest BCUT2D eigenvalue weighted by Gasteiger charge is 2.34. The maximum absolute atomic E-state index is 10.8. The predicted octanol–water partition coefficient (Wildman–Crippen LogP) is 4.16. The maximum atomic E-state index is 10.8. The van der Waals surface area contributed by atoms with Gasteiger partial charge in [0.05, 0.1) is 5.60 Å². The minimum Gasteiger partial charge on any atom is -0.385 e. The van der Waals surface area contributed by atoms with Crippen LogP contribution in [0.3, 0.4) is 0 Å². The Morgan fingerprint density at radius 3 is 2.56 bits per heavy atom. The summed E-state index contributed by atoms with van der Waals surface area (Å²) in [5.41, 5.74) is 1.82. The molecule has 0 aromatic heterocycles. The van der Waals surface area contributed by atoms with Crippen molar-refractivity contribution in [3.05, 3.63) is 33.8 Å². The van der Waals surface area contributed by atoms with Gasteiger partial charge >= 0.3 is 0 Å². The zero-order valence-electron chi connectivity index (χ0n) is 9.80. The van der Waals surface area contributed by atoms with Gasteiger partial charge in [-0.15, -0.1) is 0 Å². The first-order valence-corrected chi connectivity index (χ1v) is 6.97. The molecule has 0 aliphatic heterocycles. The molecule has 0 unspecified atom stereocenters. The standard InChI is InChI=1S/C14H19BrO/c1-2-11-7-6-8-12(15)13(11)14(16)9-4-3-5-10-14/h6-8,16H,2-5,9-10H2,1H3. The molecule has 1 nitrogen and oxygen atoms in total. The molecule has 0 saturated heterocycles. The van der Waals surface area contributed by atoms with Crippen molar-refractivity contribution in [1.82, 2.24) is 0 Å². The van der Waals surface area contributed by atoms with Crippen molar-refractivity contribution in [2.45, 2.75) is 51.0 Å². The second kappa shape index (κ2) is 4.89. The molecule has 0 heterocycles. The summed E-state index contributed by atoms with van der Waals surface area (Å²) in [5, 5.41) is 10.8. The van der Waals surface area contributed by atoms with Gasteiger partial charge < -0.3 is 5.11 Å². The number of hydrogen-bond acceptors (Lipinski definition) is 1. The molecule has 0 amide bonds. The van der Waals surface area contributed by atoms with Crippen LogP contribution in [0.15, 0.2) is 22.7 Å². The number of rotatable bonds is 2. The fraction of sp³-hybridized carbons (Fsp3) is 0.571. The second-order valence-electron chi connectivity index (χ2n) is 4.72. The van der Waals surface area contributed by atoms with Gasteiger partial charge in [0, 0.05) is 10.0 Å². The van der Waals surface area contributed by atoms with E-state index in [2.05, 4.69) is 35.0 Å². The van der Waals surface area contributed by atoms with Crippen molar-refractivity contribution in [2.75, 3.05) is 0 Å². The van der Waals surface area contributed by atoms with Crippen molar-refractivity contribution in [3.8, 4) is 0 Å². The van der Waals surface area contributed by atoms with Crippen molar-refractivity contribution < 1.29 is 5.11 Å². The Balaban J connectivity index is 2.44. The van der Waals surface area contributed by atoms with E-state index < -0.39 is 5.60 Å². The third-order valence-electron chi connectivity index (χ3n) is 3.63. The lowest BCUT2D eigenvalue weighted by Crippen LogP contribution is -2.30. The molecule has 1 fully saturated rings. The summed E-state index contributed by atoms with van der Waals surface area (Å²) in [6.07, 6.45) is 6.33. The number of benzene rings is 1. The van der Waals surface area contributed by atoms with E-state index in [0.29, 0.717) is 0 Å². The van der Waals surface area contributed by atoms with Crippen LogP contribution < -0.4 is 0 Å². The Labute approximate surface area is 106 Å². The monoisotopic (exact) mass is 282 g/mol. The van der Waals surface area contributed by atoms with Crippen LogP contribution in [0.25, 0.3) is 0 Å². The first-order valence-electron chi connectivity index (χ1n) is 6.17. The largest absolute Gasteiger partial charge is 0.385 e. The van der Waals surface area contributed by atoms with Crippen molar-refractivity contribution >= 4 is 15.9 Å². The molecule has 1 N–H and O–H groups in total. The molecule has 16 heavy (non-hydrogen) atoms. The lowest BCUT2D eigenvalue weighted by molar-refractivity contribution is -0.00203. The van der Waals surface area contributed by atoms with Crippen LogP contribution in [0.4, 0.5) is 0 Å². The van der Waals surface area contributed by atoms with Crippen molar-refractivity contribution in [1.29, 1.82) is 0 Å². The second-order valence-corrected chi connectivity index (χ2v) is 5.57. The molecule has 0 bridgehead atoms. The lowest BCUT2D eigenvalue weighted by Gasteiger charge is -2.35. The fourth-order valence-electron chi connectivity index (χ4n) is 2.77. The third kappa shape index (κ3) is 2.18. The molecule has 0 atom stereocenters. The normalized spacial score (nSPS) is 19.7. The summed E-state index contributed by atoms with van der Waals surface area (Å²) in [6, 6.07) is 6.23. The number of hydrogen-bond donors (Lipinski definition) is 1. The number of halogens is 1. The van der Waals surface area contributed by atoms with Gasteiger partial charge in [0.1, 0.15) is 0 Å². The molecule has 1 aromatic rings. The maximum Gasteiger partial charge on any atom is 0.0910 e. The topological polar surface area (TPSA) is 20.2 Å². The SMILES string of the molecule is CCc1cccc(Br)c1C1(O)CCCCC1. The molecular weight excluding hydrogens is 264 g/mol. The number of aryl methyl sites for hydroxylation is 1. The molecule has 1 saturated carbocycles. The molecule has 1 aliphatic rings. The molecule has 2 rings (SSSR count). The van der Waals surface area contributed by atoms with E-state index >= 15 is 0 Å². The van der Waals surface area contributed by atoms with Gasteiger partial charge in [0.25, 0.3) is 0 Å². The van der Waals surface area contributed by atoms with Crippen molar-refractivity contribution in [3.63, 3.8) is 0 Å². The smallest absolute Gasteiger partial charge is 0.0910 e. The first-order chi connectivity index (χ1) is 7.67. The van der Waals surface area contributed by atoms with Gasteiger partial charge in [-0.2, -0.15) is 0 Å². The van der Waals surface area contributed by atoms with Crippen LogP contribution in [0.5, 0.6) is 0 Å². The van der Waals surface area contributed by atoms with Crippen molar-refractivity contribution in [2.24, 2.45) is 0 Å². The third-order valence-corrected chi connectivity index (χ3v) is 4.29. The van der Waals surface area contributed by atoms with Crippen LogP contribution in [0.2, 0.25) is 0 Å². The Morgan fingerprint density at radius 1 is 1.25 bits per heavy atom. The summed E-state index contributed by atoms with van der Waals surface area (Å²) in [4.78, 5) is 0. The van der Waals surface area contributed by atoms with Crippen LogP contribution in [-0.2, 0) is 12.0 Å². The van der Waals surface area contributed by atoms with E-state index in [9.17, 15) is 5.11 Å². The minimum atomic E-state index is -0.594. The summed E-state index contributed by atoms with van der Waals surface area (Å²) in [7, 11) is 0. The van der Waals surface area contributed by atoms with Crippen LogP contribution in [0.1, 0.15) is 50.2 Å². The zero-order chi connectivity index (χ0) is 11.6. The highest BCUT2D eigenvalue weighted by molar-refractivity contribution is 9.10. The molecule has 1 aliphatic carbocycles. The fourth-order valence-corrected chi connectivity index (χ4v) is 3.55. The molecule has 1 aromatic carbocycles. The lowest BCUT2D eigenvalue weighted by atomic mass is 9.77. The van der Waals surface area contributed by atoms with Gasteiger partial charge in [-0.05, 0) is 30.9 Å². The van der Waals surface area contributed by atoms with Crippen LogP contribution in [-0.4, -0.2) is 5.11 Å². The van der Waals surface area contributed by atoms with E-state index in [0.717, 1.165) is 42.1 Å². The molecule has 0 radical (unpaired) electrons. The van der Waals surface area contributed by atoms with Gasteiger partial charge in [0.15, 0.2) is 0 Å². The van der Waals surface area contributed by atoms with Crippen LogP contribution in [0, 0.1) is 0 Å². The van der Waals surface area contributed by atoms with E-state index in [1.165, 1.54) is 12.0 Å². The van der Waals surface area contributed by atoms with Crippen LogP contribution >= 0.6 is 15.9 Å². The quantitative estimate of drug-likeness (QED) is 0.864. The van der Waals surface area contributed by atoms with E-state index in [4.69, 9.17) is 0 Å². The van der Waals surface area contributed by atoms with E-state index in [1.54, 1.807) is 0 Å². The van der Waals surface area contributed by atoms with Gasteiger partial charge in [-0.25, -0.2) is 0 Å². The van der Waals surface area contributed by atoms with Gasteiger partial charge in [0.2, 0.25) is 0 Å². The average molecular weight is 283 g/mol. The summed E-state index contributed by atoms with van der Waals surface area (Å²) >= 11 is 3.60. The predicted molar refractivity (Wildman–Crippen MR) is 70.5 cm³/mol. The molecule has 2 heteroatoms. The summed E-state index contributed by atoms with van der Waals surface area (Å²) in [6.45, 7) is 2.15. The molecule has 0 spiro atoms. The Morgan fingerprint density at radius 2 is 1.94 bits per heavy atom. The summed E-state index contributed by atoms with van der Waals surface area (Å²) in [5.74, 6) is 0. The number of aliphatic hydroxyl groups is 1. The summed E-state index contributed by atoms with van der Waals surface area (Å²) < 4.78 is 1.07. The highest BCUT2D eigenvalue weighted by Crippen LogP contribution is 2.41. The Kier molecular flexibility index (Phi) is 3.70. The molecular formula is C14H19BrO. The average Bonchev–Trinajstić information content (AvgIpc) is 2.29. The molecule has 88 valence electrons. The van der Waals surface area contributed by atoms with E-state index in [1.807, 2.05) is 6.07 Å². The highest BCUT2D eigenvalue weighted by atomic mass is 79.9. The Hall–Kier alpha value is -0.340.